The highest BCUT2D eigenvalue weighted by Crippen LogP contribution is 2.32. The van der Waals surface area contributed by atoms with Crippen molar-refractivity contribution in [1.29, 1.82) is 0 Å². The van der Waals surface area contributed by atoms with Gasteiger partial charge in [0.05, 0.1) is 9.99 Å². The van der Waals surface area contributed by atoms with Crippen LogP contribution in [0, 0.1) is 0 Å². The highest BCUT2D eigenvalue weighted by molar-refractivity contribution is 9.10. The Balaban J connectivity index is 1.88. The average Bonchev–Trinajstić information content (AvgIpc) is 2.57. The Morgan fingerprint density at radius 2 is 2.09 bits per heavy atom. The first-order chi connectivity index (χ1) is 11.2. The lowest BCUT2D eigenvalue weighted by molar-refractivity contribution is 0.254. The predicted molar refractivity (Wildman–Crippen MR) is 91.8 cm³/mol. The molecule has 23 heavy (non-hydrogen) atoms. The van der Waals surface area contributed by atoms with Gasteiger partial charge in [0.2, 0.25) is 0 Å². The van der Waals surface area contributed by atoms with Gasteiger partial charge in [0.25, 0.3) is 0 Å². The summed E-state index contributed by atoms with van der Waals surface area (Å²) in [5, 5.41) is 6.06. The number of carbonyl (C=O) groups is 1. The second-order valence-corrected chi connectivity index (χ2v) is 5.52. The van der Waals surface area contributed by atoms with Crippen LogP contribution in [-0.2, 0) is 0 Å². The summed E-state index contributed by atoms with van der Waals surface area (Å²) in [6.45, 7) is 0. The van der Waals surface area contributed by atoms with E-state index in [-0.39, 0.29) is 6.03 Å². The molecule has 3 rings (SSSR count). The number of halogens is 1. The molecule has 2 amide bonds. The highest BCUT2D eigenvalue weighted by Gasteiger charge is 2.08. The molecule has 3 aromatic rings. The summed E-state index contributed by atoms with van der Waals surface area (Å²) in [6.07, 6.45) is 3.32. The van der Waals surface area contributed by atoms with Crippen molar-refractivity contribution in [2.45, 2.75) is 0 Å². The van der Waals surface area contributed by atoms with Gasteiger partial charge in [-0.05, 0) is 40.2 Å². The van der Waals surface area contributed by atoms with Crippen molar-refractivity contribution < 1.29 is 9.53 Å². The molecule has 1 aromatic carbocycles. The fourth-order valence-corrected chi connectivity index (χ4v) is 2.29. The average molecular weight is 373 g/mol. The van der Waals surface area contributed by atoms with Crippen LogP contribution >= 0.6 is 15.9 Å². The van der Waals surface area contributed by atoms with Gasteiger partial charge >= 0.3 is 6.03 Å². The molecule has 2 heterocycles. The molecule has 6 nitrogen and oxygen atoms in total. The molecule has 116 valence electrons. The van der Waals surface area contributed by atoms with Gasteiger partial charge in [-0.3, -0.25) is 10.3 Å². The predicted octanol–water partition coefficient (Wildman–Crippen LogP) is 3.94. The normalized spacial score (nSPS) is 10.3. The molecule has 0 aliphatic rings. The number of nitrogens with zero attached hydrogens (tertiary/aromatic N) is 2. The molecular formula is C16H13BrN4O2. The van der Waals surface area contributed by atoms with E-state index in [1.807, 2.05) is 30.3 Å². The van der Waals surface area contributed by atoms with Gasteiger partial charge in [-0.25, -0.2) is 9.78 Å². The number of fused-ring (bicyclic) bond motifs is 1. The van der Waals surface area contributed by atoms with Gasteiger partial charge in [0.1, 0.15) is 17.3 Å². The van der Waals surface area contributed by atoms with Crippen molar-refractivity contribution in [2.75, 3.05) is 12.4 Å². The van der Waals surface area contributed by atoms with Crippen LogP contribution in [0.4, 0.5) is 10.6 Å². The highest BCUT2D eigenvalue weighted by atomic mass is 79.9. The molecular weight excluding hydrogens is 360 g/mol. The molecule has 0 atom stereocenters. The van der Waals surface area contributed by atoms with Crippen molar-refractivity contribution in [3.05, 3.63) is 53.3 Å². The van der Waals surface area contributed by atoms with Crippen molar-refractivity contribution in [1.82, 2.24) is 15.3 Å². The molecule has 0 saturated heterocycles. The molecule has 0 aliphatic heterocycles. The Hall–Kier alpha value is -2.67. The third kappa shape index (κ3) is 3.57. The summed E-state index contributed by atoms with van der Waals surface area (Å²) < 4.78 is 6.57. The van der Waals surface area contributed by atoms with E-state index >= 15 is 0 Å². The summed E-state index contributed by atoms with van der Waals surface area (Å²) in [5.74, 6) is 1.61. The largest absolute Gasteiger partial charge is 0.456 e. The van der Waals surface area contributed by atoms with Gasteiger partial charge < -0.3 is 10.1 Å². The second kappa shape index (κ2) is 6.62. The number of amides is 2. The molecule has 0 aliphatic carbocycles. The number of nitrogens with one attached hydrogen (secondary N) is 2. The summed E-state index contributed by atoms with van der Waals surface area (Å²) in [5.41, 5.74) is 0.899. The Labute approximate surface area is 141 Å². The zero-order valence-corrected chi connectivity index (χ0v) is 13.8. The van der Waals surface area contributed by atoms with Crippen molar-refractivity contribution >= 4 is 38.7 Å². The summed E-state index contributed by atoms with van der Waals surface area (Å²) in [6, 6.07) is 10.8. The van der Waals surface area contributed by atoms with Crippen molar-refractivity contribution in [3.63, 3.8) is 0 Å². The van der Waals surface area contributed by atoms with Gasteiger partial charge in [-0.1, -0.05) is 6.07 Å². The molecule has 0 bridgehead atoms. The smallest absolute Gasteiger partial charge is 0.320 e. The third-order valence-corrected chi connectivity index (χ3v) is 3.69. The van der Waals surface area contributed by atoms with Gasteiger partial charge in [0.15, 0.2) is 0 Å². The summed E-state index contributed by atoms with van der Waals surface area (Å²) in [4.78, 5) is 19.7. The SMILES string of the molecule is CNC(=O)Nc1cc(Oc2ccc3ncccc3c2)c(Br)cn1. The van der Waals surface area contributed by atoms with Crippen LogP contribution in [0.5, 0.6) is 11.5 Å². The van der Waals surface area contributed by atoms with Crippen molar-refractivity contribution in [3.8, 4) is 11.5 Å². The number of ether oxygens (including phenoxy) is 1. The fraction of sp³-hybridized carbons (Fsp3) is 0.0625. The molecule has 0 spiro atoms. The Morgan fingerprint density at radius 3 is 2.91 bits per heavy atom. The molecule has 0 unspecified atom stereocenters. The lowest BCUT2D eigenvalue weighted by atomic mass is 10.2. The number of urea groups is 1. The van der Waals surface area contributed by atoms with E-state index in [9.17, 15) is 4.79 Å². The Bertz CT molecular complexity index is 870. The van der Waals surface area contributed by atoms with Gasteiger partial charge in [0, 0.05) is 30.9 Å². The van der Waals surface area contributed by atoms with Crippen LogP contribution < -0.4 is 15.4 Å². The summed E-state index contributed by atoms with van der Waals surface area (Å²) in [7, 11) is 1.54. The standard InChI is InChI=1S/C16H13BrN4O2/c1-18-16(22)21-15-8-14(12(17)9-20-15)23-11-4-5-13-10(7-11)3-2-6-19-13/h2-9H,1H3,(H2,18,20,21,22). The molecule has 2 N–H and O–H groups in total. The quantitative estimate of drug-likeness (QED) is 0.729. The van der Waals surface area contributed by atoms with E-state index in [4.69, 9.17) is 4.74 Å². The molecule has 0 saturated carbocycles. The number of rotatable bonds is 3. The van der Waals surface area contributed by atoms with Gasteiger partial charge in [-0.15, -0.1) is 0 Å². The lowest BCUT2D eigenvalue weighted by Gasteiger charge is -2.10. The zero-order valence-electron chi connectivity index (χ0n) is 12.2. The number of benzene rings is 1. The first-order valence-electron chi connectivity index (χ1n) is 6.82. The number of hydrogen-bond donors (Lipinski definition) is 2. The first kappa shape index (κ1) is 15.2. The maximum absolute atomic E-state index is 11.4. The van der Waals surface area contributed by atoms with Crippen LogP contribution in [-0.4, -0.2) is 23.0 Å². The third-order valence-electron chi connectivity index (χ3n) is 3.09. The molecule has 7 heteroatoms. The number of carbonyl (C=O) groups excluding carboxylic acids is 1. The number of aromatic nitrogens is 2. The van der Waals surface area contributed by atoms with Crippen LogP contribution in [0.15, 0.2) is 53.3 Å². The minimum atomic E-state index is -0.345. The van der Waals surface area contributed by atoms with Gasteiger partial charge in [-0.2, -0.15) is 0 Å². The fourth-order valence-electron chi connectivity index (χ4n) is 1.99. The minimum Gasteiger partial charge on any atom is -0.456 e. The van der Waals surface area contributed by atoms with E-state index in [1.165, 1.54) is 7.05 Å². The Kier molecular flexibility index (Phi) is 4.38. The van der Waals surface area contributed by atoms with Crippen LogP contribution in [0.3, 0.4) is 0 Å². The van der Waals surface area contributed by atoms with E-state index in [1.54, 1.807) is 18.5 Å². The topological polar surface area (TPSA) is 76.1 Å². The minimum absolute atomic E-state index is 0.345. The number of pyridine rings is 2. The van der Waals surface area contributed by atoms with E-state index in [0.717, 1.165) is 10.9 Å². The molecule has 0 fully saturated rings. The maximum atomic E-state index is 11.4. The van der Waals surface area contributed by atoms with E-state index < -0.39 is 0 Å². The Morgan fingerprint density at radius 1 is 1.22 bits per heavy atom. The van der Waals surface area contributed by atoms with Crippen LogP contribution in [0.1, 0.15) is 0 Å². The lowest BCUT2D eigenvalue weighted by Crippen LogP contribution is -2.24. The van der Waals surface area contributed by atoms with E-state index in [2.05, 4.69) is 36.5 Å². The number of anilines is 1. The first-order valence-corrected chi connectivity index (χ1v) is 7.62. The maximum Gasteiger partial charge on any atom is 0.320 e. The molecule has 0 radical (unpaired) electrons. The second-order valence-electron chi connectivity index (χ2n) is 4.66. The zero-order chi connectivity index (χ0) is 16.2. The number of hydrogen-bond acceptors (Lipinski definition) is 4. The molecule has 2 aromatic heterocycles. The van der Waals surface area contributed by atoms with E-state index in [0.29, 0.717) is 21.8 Å². The van der Waals surface area contributed by atoms with Crippen molar-refractivity contribution in [2.24, 2.45) is 0 Å². The summed E-state index contributed by atoms with van der Waals surface area (Å²) >= 11 is 3.39. The van der Waals surface area contributed by atoms with Crippen LogP contribution in [0.2, 0.25) is 0 Å². The van der Waals surface area contributed by atoms with Crippen LogP contribution in [0.25, 0.3) is 10.9 Å². The monoisotopic (exact) mass is 372 g/mol.